The van der Waals surface area contributed by atoms with Crippen LogP contribution in [-0.4, -0.2) is 33.4 Å². The normalized spacial score (nSPS) is 15.4. The van der Waals surface area contributed by atoms with E-state index in [-0.39, 0.29) is 0 Å². The van der Waals surface area contributed by atoms with Gasteiger partial charge in [-0.05, 0) is 91.9 Å². The van der Waals surface area contributed by atoms with Gasteiger partial charge in [-0.3, -0.25) is 0 Å². The highest BCUT2D eigenvalue weighted by molar-refractivity contribution is 5.59. The van der Waals surface area contributed by atoms with Crippen LogP contribution in [0.5, 0.6) is 23.0 Å². The zero-order valence-corrected chi connectivity index (χ0v) is 18.9. The molecule has 5 nitrogen and oxygen atoms in total. The first kappa shape index (κ1) is 22.0. The Kier molecular flexibility index (Phi) is 7.51. The van der Waals surface area contributed by atoms with E-state index in [1.165, 1.54) is 24.0 Å². The lowest BCUT2D eigenvalue weighted by atomic mass is 10.0. The molecule has 0 unspecified atom stereocenters. The van der Waals surface area contributed by atoms with Crippen molar-refractivity contribution in [1.82, 2.24) is 5.32 Å². The Balaban J connectivity index is 1.49. The van der Waals surface area contributed by atoms with Gasteiger partial charge in [0.15, 0.2) is 5.75 Å². The molecule has 0 spiro atoms. The third-order valence-electron chi connectivity index (χ3n) is 5.87. The predicted octanol–water partition coefficient (Wildman–Crippen LogP) is 5.45. The summed E-state index contributed by atoms with van der Waals surface area (Å²) >= 11 is 0. The smallest absolute Gasteiger partial charge is 0.150 e. The maximum absolute atomic E-state index is 6.29. The Labute approximate surface area is 190 Å². The van der Waals surface area contributed by atoms with Crippen molar-refractivity contribution in [1.29, 1.82) is 0 Å². The number of aryl methyl sites for hydroxylation is 2. The molecular weight excluding hydrogens is 400 g/mol. The summed E-state index contributed by atoms with van der Waals surface area (Å²) in [5, 5.41) is 7.13. The first-order chi connectivity index (χ1) is 15.7. The van der Waals surface area contributed by atoms with Gasteiger partial charge in [-0.15, -0.1) is 0 Å². The summed E-state index contributed by atoms with van der Waals surface area (Å²) in [7, 11) is 3.37. The summed E-state index contributed by atoms with van der Waals surface area (Å²) in [6.45, 7) is 1.99. The molecule has 0 radical (unpaired) electrons. The van der Waals surface area contributed by atoms with E-state index < -0.39 is 0 Å². The van der Waals surface area contributed by atoms with E-state index in [0.29, 0.717) is 6.04 Å². The number of nitrogens with one attached hydrogen (secondary N) is 2. The minimum atomic E-state index is 0.511. The summed E-state index contributed by atoms with van der Waals surface area (Å²) < 4.78 is 16.9. The van der Waals surface area contributed by atoms with Crippen molar-refractivity contribution in [3.05, 3.63) is 77.9 Å². The van der Waals surface area contributed by atoms with Gasteiger partial charge in [0.2, 0.25) is 0 Å². The summed E-state index contributed by atoms with van der Waals surface area (Å²) in [5.74, 6) is 3.34. The molecule has 2 N–H and O–H groups in total. The lowest BCUT2D eigenvalue weighted by Crippen LogP contribution is -2.29. The van der Waals surface area contributed by atoms with Crippen LogP contribution in [0.2, 0.25) is 0 Å². The fourth-order valence-corrected chi connectivity index (χ4v) is 4.00. The molecule has 1 aliphatic rings. The molecule has 168 valence electrons. The molecule has 3 aromatic rings. The predicted molar refractivity (Wildman–Crippen MR) is 129 cm³/mol. The van der Waals surface area contributed by atoms with E-state index in [2.05, 4.69) is 41.0 Å². The van der Waals surface area contributed by atoms with Crippen molar-refractivity contribution in [2.45, 2.75) is 31.7 Å². The Morgan fingerprint density at radius 2 is 1.59 bits per heavy atom. The molecule has 4 rings (SSSR count). The highest BCUT2D eigenvalue weighted by atomic mass is 16.5. The number of hydrogen-bond donors (Lipinski definition) is 2. The number of anilines is 1. The minimum Gasteiger partial charge on any atom is -0.497 e. The van der Waals surface area contributed by atoms with Gasteiger partial charge in [0, 0.05) is 12.6 Å². The van der Waals surface area contributed by atoms with Crippen molar-refractivity contribution in [2.75, 3.05) is 32.6 Å². The first-order valence-electron chi connectivity index (χ1n) is 11.3. The Morgan fingerprint density at radius 1 is 0.844 bits per heavy atom. The zero-order valence-electron chi connectivity index (χ0n) is 18.9. The molecular formula is C27H32N2O3. The quantitative estimate of drug-likeness (QED) is 0.446. The average molecular weight is 433 g/mol. The third kappa shape index (κ3) is 5.95. The SMILES string of the molecule is COc1ccc(Oc2cc(CCc3cccc(OC)c3)ccc2NC[C@@H]2CCCN2)cc1. The Morgan fingerprint density at radius 3 is 2.31 bits per heavy atom. The van der Waals surface area contributed by atoms with Crippen molar-refractivity contribution in [2.24, 2.45) is 0 Å². The molecule has 0 saturated carbocycles. The molecule has 1 saturated heterocycles. The van der Waals surface area contributed by atoms with Crippen LogP contribution in [0, 0.1) is 0 Å². The van der Waals surface area contributed by atoms with Crippen LogP contribution in [0.25, 0.3) is 0 Å². The summed E-state index contributed by atoms with van der Waals surface area (Å²) in [6.07, 6.45) is 4.32. The van der Waals surface area contributed by atoms with E-state index in [9.17, 15) is 0 Å². The largest absolute Gasteiger partial charge is 0.497 e. The fourth-order valence-electron chi connectivity index (χ4n) is 4.00. The molecule has 1 fully saturated rings. The van der Waals surface area contributed by atoms with Crippen LogP contribution in [0.1, 0.15) is 24.0 Å². The van der Waals surface area contributed by atoms with E-state index in [0.717, 1.165) is 54.6 Å². The molecule has 0 bridgehead atoms. The standard InChI is InChI=1S/C27H32N2O3/c1-30-23-11-13-24(14-12-23)32-27-18-21(9-8-20-5-3-7-25(17-20)31-2)10-15-26(27)29-19-22-6-4-16-28-22/h3,5,7,10-15,17-18,22,28-29H,4,6,8-9,16,19H2,1-2H3/t22-/m0/s1. The zero-order chi connectivity index (χ0) is 22.2. The second-order valence-electron chi connectivity index (χ2n) is 8.13. The van der Waals surface area contributed by atoms with Gasteiger partial charge in [-0.1, -0.05) is 18.2 Å². The molecule has 1 aliphatic heterocycles. The van der Waals surface area contributed by atoms with Gasteiger partial charge in [0.1, 0.15) is 17.2 Å². The summed E-state index contributed by atoms with van der Waals surface area (Å²) in [4.78, 5) is 0. The van der Waals surface area contributed by atoms with Gasteiger partial charge in [-0.25, -0.2) is 0 Å². The second-order valence-corrected chi connectivity index (χ2v) is 8.13. The van der Waals surface area contributed by atoms with Crippen molar-refractivity contribution in [3.63, 3.8) is 0 Å². The van der Waals surface area contributed by atoms with Crippen molar-refractivity contribution < 1.29 is 14.2 Å². The van der Waals surface area contributed by atoms with Gasteiger partial charge in [0.05, 0.1) is 19.9 Å². The van der Waals surface area contributed by atoms with E-state index >= 15 is 0 Å². The van der Waals surface area contributed by atoms with Crippen LogP contribution in [-0.2, 0) is 12.8 Å². The summed E-state index contributed by atoms with van der Waals surface area (Å²) in [6, 6.07) is 22.9. The van der Waals surface area contributed by atoms with Crippen LogP contribution < -0.4 is 24.8 Å². The van der Waals surface area contributed by atoms with Gasteiger partial charge in [-0.2, -0.15) is 0 Å². The average Bonchev–Trinajstić information content (AvgIpc) is 3.36. The van der Waals surface area contributed by atoms with Crippen molar-refractivity contribution >= 4 is 5.69 Å². The lowest BCUT2D eigenvalue weighted by Gasteiger charge is -2.17. The Bertz CT molecular complexity index is 998. The molecule has 1 heterocycles. The molecule has 3 aromatic carbocycles. The lowest BCUT2D eigenvalue weighted by molar-refractivity contribution is 0.413. The van der Waals surface area contributed by atoms with Crippen LogP contribution in [0.15, 0.2) is 66.7 Å². The first-order valence-corrected chi connectivity index (χ1v) is 11.3. The van der Waals surface area contributed by atoms with Crippen LogP contribution in [0.3, 0.4) is 0 Å². The highest BCUT2D eigenvalue weighted by Gasteiger charge is 2.15. The summed E-state index contributed by atoms with van der Waals surface area (Å²) in [5.41, 5.74) is 3.51. The second kappa shape index (κ2) is 10.9. The maximum Gasteiger partial charge on any atom is 0.150 e. The third-order valence-corrected chi connectivity index (χ3v) is 5.87. The number of ether oxygens (including phenoxy) is 3. The molecule has 0 amide bonds. The monoisotopic (exact) mass is 432 g/mol. The van der Waals surface area contributed by atoms with Gasteiger partial charge in [0.25, 0.3) is 0 Å². The molecule has 1 atom stereocenters. The van der Waals surface area contributed by atoms with Crippen LogP contribution >= 0.6 is 0 Å². The van der Waals surface area contributed by atoms with Crippen molar-refractivity contribution in [3.8, 4) is 23.0 Å². The molecule has 32 heavy (non-hydrogen) atoms. The number of hydrogen-bond acceptors (Lipinski definition) is 5. The molecule has 5 heteroatoms. The molecule has 0 aliphatic carbocycles. The minimum absolute atomic E-state index is 0.511. The fraction of sp³-hybridized carbons (Fsp3) is 0.333. The number of benzene rings is 3. The number of methoxy groups -OCH3 is 2. The van der Waals surface area contributed by atoms with E-state index in [1.54, 1.807) is 14.2 Å². The molecule has 0 aromatic heterocycles. The number of rotatable bonds is 10. The van der Waals surface area contributed by atoms with E-state index in [1.807, 2.05) is 36.4 Å². The van der Waals surface area contributed by atoms with Gasteiger partial charge < -0.3 is 24.8 Å². The van der Waals surface area contributed by atoms with Crippen LogP contribution in [0.4, 0.5) is 5.69 Å². The van der Waals surface area contributed by atoms with E-state index in [4.69, 9.17) is 14.2 Å². The topological polar surface area (TPSA) is 51.8 Å². The van der Waals surface area contributed by atoms with Gasteiger partial charge >= 0.3 is 0 Å². The highest BCUT2D eigenvalue weighted by Crippen LogP contribution is 2.32. The maximum atomic E-state index is 6.29. The Hall–Kier alpha value is -3.18.